The van der Waals surface area contributed by atoms with Crippen molar-refractivity contribution in [3.63, 3.8) is 0 Å². The van der Waals surface area contributed by atoms with Gasteiger partial charge in [-0.1, -0.05) is 30.2 Å². The van der Waals surface area contributed by atoms with E-state index in [1.165, 1.54) is 19.1 Å². The highest BCUT2D eigenvalue weighted by Crippen LogP contribution is 2.20. The van der Waals surface area contributed by atoms with E-state index >= 15 is 0 Å². The Hall–Kier alpha value is -3.07. The number of benzene rings is 1. The normalized spacial score (nSPS) is 11.2. The summed E-state index contributed by atoms with van der Waals surface area (Å²) >= 11 is 0. The maximum atomic E-state index is 12.4. The monoisotopic (exact) mass is 358 g/mol. The number of aromatic nitrogens is 3. The molecule has 0 aliphatic rings. The highest BCUT2D eigenvalue weighted by atomic mass is 32.2. The van der Waals surface area contributed by atoms with Crippen LogP contribution in [-0.2, 0) is 9.84 Å². The number of anilines is 1. The van der Waals surface area contributed by atoms with Crippen LogP contribution in [0.25, 0.3) is 11.6 Å². The zero-order valence-corrected chi connectivity index (χ0v) is 14.0. The second-order valence-corrected chi connectivity index (χ2v) is 7.23. The van der Waals surface area contributed by atoms with Crippen molar-refractivity contribution in [3.8, 4) is 11.6 Å². The second kappa shape index (κ2) is 6.81. The largest absolute Gasteiger partial charge is 0.401 e. The maximum absolute atomic E-state index is 12.4. The number of rotatable bonds is 5. The number of amides is 1. The van der Waals surface area contributed by atoms with Crippen molar-refractivity contribution in [2.45, 2.75) is 11.8 Å². The molecule has 1 amide bonds. The Morgan fingerprint density at radius 3 is 2.60 bits per heavy atom. The van der Waals surface area contributed by atoms with Gasteiger partial charge in [-0.15, -0.1) is 5.10 Å². The van der Waals surface area contributed by atoms with E-state index in [1.54, 1.807) is 36.5 Å². The van der Waals surface area contributed by atoms with Crippen LogP contribution in [0.3, 0.4) is 0 Å². The van der Waals surface area contributed by atoms with E-state index in [2.05, 4.69) is 20.5 Å². The highest BCUT2D eigenvalue weighted by molar-refractivity contribution is 7.91. The molecule has 8 nitrogen and oxygen atoms in total. The van der Waals surface area contributed by atoms with Crippen LogP contribution in [0.15, 0.2) is 58.0 Å². The molecule has 9 heteroatoms. The summed E-state index contributed by atoms with van der Waals surface area (Å²) in [4.78, 5) is 16.5. The number of carbonyl (C=O) groups is 1. The molecular formula is C16H14N4O4S. The van der Waals surface area contributed by atoms with Gasteiger partial charge in [0.25, 0.3) is 11.8 Å². The molecule has 3 aromatic rings. The van der Waals surface area contributed by atoms with Gasteiger partial charge in [-0.2, -0.15) is 0 Å². The first-order chi connectivity index (χ1) is 12.0. The highest BCUT2D eigenvalue weighted by Gasteiger charge is 2.22. The quantitative estimate of drug-likeness (QED) is 0.743. The van der Waals surface area contributed by atoms with Crippen LogP contribution >= 0.6 is 0 Å². The lowest BCUT2D eigenvalue weighted by Gasteiger charge is -2.07. The average molecular weight is 358 g/mol. The van der Waals surface area contributed by atoms with Crippen LogP contribution in [0.2, 0.25) is 0 Å². The lowest BCUT2D eigenvalue weighted by atomic mass is 10.2. The Morgan fingerprint density at radius 1 is 1.12 bits per heavy atom. The fourth-order valence-electron chi connectivity index (χ4n) is 2.11. The van der Waals surface area contributed by atoms with E-state index in [0.29, 0.717) is 5.69 Å². The summed E-state index contributed by atoms with van der Waals surface area (Å²) in [7, 11) is -3.54. The fraction of sp³-hybridized carbons (Fsp3) is 0.125. The van der Waals surface area contributed by atoms with Gasteiger partial charge in [0.1, 0.15) is 5.69 Å². The molecular weight excluding hydrogens is 344 g/mol. The zero-order chi connectivity index (χ0) is 17.9. The molecule has 25 heavy (non-hydrogen) atoms. The number of sulfone groups is 1. The molecule has 0 saturated heterocycles. The minimum atomic E-state index is -3.54. The molecule has 0 aliphatic heterocycles. The third kappa shape index (κ3) is 3.56. The Morgan fingerprint density at radius 2 is 1.88 bits per heavy atom. The Balaban J connectivity index is 1.86. The van der Waals surface area contributed by atoms with Gasteiger partial charge >= 0.3 is 6.01 Å². The molecule has 1 aromatic carbocycles. The Bertz CT molecular complexity index is 1000. The Labute approximate surface area is 143 Å². The van der Waals surface area contributed by atoms with Crippen LogP contribution in [0.5, 0.6) is 0 Å². The lowest BCUT2D eigenvalue weighted by Crippen LogP contribution is -2.17. The molecule has 0 spiro atoms. The molecule has 2 heterocycles. The van der Waals surface area contributed by atoms with E-state index in [9.17, 15) is 13.2 Å². The second-order valence-electron chi connectivity index (χ2n) is 4.98. The summed E-state index contributed by atoms with van der Waals surface area (Å²) < 4.78 is 29.6. The van der Waals surface area contributed by atoms with E-state index in [4.69, 9.17) is 4.42 Å². The van der Waals surface area contributed by atoms with E-state index in [0.717, 1.165) is 0 Å². The lowest BCUT2D eigenvalue weighted by molar-refractivity contribution is 0.102. The number of pyridine rings is 1. The summed E-state index contributed by atoms with van der Waals surface area (Å²) in [5.41, 5.74) is 0.478. The average Bonchev–Trinajstić information content (AvgIpc) is 3.11. The minimum Gasteiger partial charge on any atom is -0.401 e. The van der Waals surface area contributed by atoms with Crippen LogP contribution in [0, 0.1) is 0 Å². The SMILES string of the molecule is CCS(=O)(=O)c1ccccc1C(=O)Nc1nnc(-c2ccccn2)o1. The van der Waals surface area contributed by atoms with E-state index in [1.807, 2.05) is 0 Å². The standard InChI is InChI=1S/C16H14N4O4S/c1-2-25(22,23)13-9-4-3-7-11(13)14(21)18-16-20-19-15(24-16)12-8-5-6-10-17-12/h3-10H,2H2,1H3,(H,18,20,21). The predicted octanol–water partition coefficient (Wildman–Crippen LogP) is 2.18. The van der Waals surface area contributed by atoms with Crippen molar-refractivity contribution in [3.05, 3.63) is 54.2 Å². The predicted molar refractivity (Wildman–Crippen MR) is 89.7 cm³/mol. The van der Waals surface area contributed by atoms with E-state index in [-0.39, 0.29) is 28.1 Å². The minimum absolute atomic E-state index is 0.0157. The molecule has 0 aliphatic carbocycles. The van der Waals surface area contributed by atoms with Crippen molar-refractivity contribution in [2.24, 2.45) is 0 Å². The molecule has 3 rings (SSSR count). The third-order valence-electron chi connectivity index (χ3n) is 3.38. The molecule has 0 fully saturated rings. The van der Waals surface area contributed by atoms with Gasteiger partial charge in [0.05, 0.1) is 16.2 Å². The molecule has 0 radical (unpaired) electrons. The zero-order valence-electron chi connectivity index (χ0n) is 13.2. The maximum Gasteiger partial charge on any atom is 0.322 e. The van der Waals surface area contributed by atoms with Crippen molar-refractivity contribution >= 4 is 21.8 Å². The van der Waals surface area contributed by atoms with Crippen LogP contribution in [0.4, 0.5) is 6.01 Å². The third-order valence-corrected chi connectivity index (χ3v) is 5.16. The first kappa shape index (κ1) is 16.8. The smallest absolute Gasteiger partial charge is 0.322 e. The van der Waals surface area contributed by atoms with Crippen LogP contribution in [-0.4, -0.2) is 35.3 Å². The first-order valence-corrected chi connectivity index (χ1v) is 9.04. The van der Waals surface area contributed by atoms with Crippen molar-refractivity contribution < 1.29 is 17.6 Å². The molecule has 2 aromatic heterocycles. The number of hydrogen-bond acceptors (Lipinski definition) is 7. The summed E-state index contributed by atoms with van der Waals surface area (Å²) in [6.07, 6.45) is 1.57. The molecule has 0 saturated carbocycles. The fourth-order valence-corrected chi connectivity index (χ4v) is 3.20. The van der Waals surface area contributed by atoms with Gasteiger partial charge < -0.3 is 4.42 Å². The number of carbonyl (C=O) groups excluding carboxylic acids is 1. The van der Waals surface area contributed by atoms with Gasteiger partial charge in [-0.25, -0.2) is 8.42 Å². The molecule has 0 unspecified atom stereocenters. The van der Waals surface area contributed by atoms with Crippen LogP contribution < -0.4 is 5.32 Å². The van der Waals surface area contributed by atoms with Crippen molar-refractivity contribution in [1.29, 1.82) is 0 Å². The first-order valence-electron chi connectivity index (χ1n) is 7.39. The van der Waals surface area contributed by atoms with Gasteiger partial charge in [0.15, 0.2) is 9.84 Å². The molecule has 0 bridgehead atoms. The molecule has 1 N–H and O–H groups in total. The summed E-state index contributed by atoms with van der Waals surface area (Å²) in [5.74, 6) is -0.615. The summed E-state index contributed by atoms with van der Waals surface area (Å²) in [6, 6.07) is 11.0. The van der Waals surface area contributed by atoms with E-state index < -0.39 is 15.7 Å². The van der Waals surface area contributed by atoms with Crippen molar-refractivity contribution in [1.82, 2.24) is 15.2 Å². The summed E-state index contributed by atoms with van der Waals surface area (Å²) in [6.45, 7) is 1.52. The summed E-state index contributed by atoms with van der Waals surface area (Å²) in [5, 5.41) is 9.95. The van der Waals surface area contributed by atoms with Gasteiger partial charge in [0, 0.05) is 6.20 Å². The van der Waals surface area contributed by atoms with Crippen LogP contribution in [0.1, 0.15) is 17.3 Å². The van der Waals surface area contributed by atoms with Crippen molar-refractivity contribution in [2.75, 3.05) is 11.1 Å². The number of nitrogens with zero attached hydrogens (tertiary/aromatic N) is 3. The Kier molecular flexibility index (Phi) is 4.57. The van der Waals surface area contributed by atoms with Gasteiger partial charge in [0.2, 0.25) is 0 Å². The topological polar surface area (TPSA) is 115 Å². The number of nitrogens with one attached hydrogen (secondary N) is 1. The van der Waals surface area contributed by atoms with Gasteiger partial charge in [-0.3, -0.25) is 15.1 Å². The van der Waals surface area contributed by atoms with Gasteiger partial charge in [-0.05, 0) is 24.3 Å². The number of hydrogen-bond donors (Lipinski definition) is 1. The molecule has 128 valence electrons. The molecule has 0 atom stereocenters.